The molecule has 0 heteroatoms. The third-order valence-electron chi connectivity index (χ3n) is 5.31. The van der Waals surface area contributed by atoms with Crippen LogP contribution in [0.25, 0.3) is 32.7 Å². The Kier molecular flexibility index (Phi) is 5.02. The highest BCUT2D eigenvalue weighted by atomic mass is 14.1. The zero-order valence-corrected chi connectivity index (χ0v) is 15.5. The molecule has 0 aliphatic carbocycles. The van der Waals surface area contributed by atoms with Crippen LogP contribution >= 0.6 is 0 Å². The first-order valence-corrected chi connectivity index (χ1v) is 9.85. The number of benzene rings is 4. The molecule has 0 aromatic heterocycles. The van der Waals surface area contributed by atoms with Crippen molar-refractivity contribution >= 4 is 21.5 Å². The van der Waals surface area contributed by atoms with Gasteiger partial charge in [0.15, 0.2) is 0 Å². The topological polar surface area (TPSA) is 0 Å². The van der Waals surface area contributed by atoms with Crippen LogP contribution in [-0.2, 0) is 6.42 Å². The molecule has 0 bridgehead atoms. The van der Waals surface area contributed by atoms with Crippen molar-refractivity contribution in [3.05, 3.63) is 84.4 Å². The van der Waals surface area contributed by atoms with Crippen LogP contribution < -0.4 is 0 Å². The summed E-state index contributed by atoms with van der Waals surface area (Å²) in [5.74, 6) is 0. The first kappa shape index (κ1) is 16.8. The molecule has 0 N–H and O–H groups in total. The molecule has 4 rings (SSSR count). The molecule has 4 aromatic carbocycles. The van der Waals surface area contributed by atoms with E-state index in [9.17, 15) is 0 Å². The Labute approximate surface area is 156 Å². The minimum absolute atomic E-state index is 1.19. The minimum atomic E-state index is 1.19. The molecular weight excluding hydrogens is 312 g/mol. The molecule has 0 heterocycles. The maximum absolute atomic E-state index is 2.38. The second-order valence-corrected chi connectivity index (χ2v) is 7.27. The van der Waals surface area contributed by atoms with Gasteiger partial charge in [0.05, 0.1) is 0 Å². The summed E-state index contributed by atoms with van der Waals surface area (Å²) in [4.78, 5) is 0. The van der Waals surface area contributed by atoms with Crippen LogP contribution in [0.5, 0.6) is 0 Å². The second kappa shape index (κ2) is 7.74. The van der Waals surface area contributed by atoms with Crippen molar-refractivity contribution < 1.29 is 0 Å². The number of hydrogen-bond acceptors (Lipinski definition) is 0. The lowest BCUT2D eigenvalue weighted by atomic mass is 9.97. The van der Waals surface area contributed by atoms with Crippen molar-refractivity contribution in [1.29, 1.82) is 0 Å². The van der Waals surface area contributed by atoms with Gasteiger partial charge in [0, 0.05) is 0 Å². The first-order chi connectivity index (χ1) is 12.8. The zero-order chi connectivity index (χ0) is 17.8. The zero-order valence-electron chi connectivity index (χ0n) is 15.5. The first-order valence-electron chi connectivity index (χ1n) is 9.85. The Hall–Kier alpha value is -2.60. The summed E-state index contributed by atoms with van der Waals surface area (Å²) in [5, 5.41) is 5.27. The van der Waals surface area contributed by atoms with Crippen LogP contribution in [0.2, 0.25) is 0 Å². The fourth-order valence-electron chi connectivity index (χ4n) is 3.76. The SMILES string of the molecule is CCCCCCc1ccc2ccc(-c3ccc4ccccc4c3)cc2c1. The highest BCUT2D eigenvalue weighted by Gasteiger charge is 2.03. The van der Waals surface area contributed by atoms with E-state index in [2.05, 4.69) is 85.8 Å². The van der Waals surface area contributed by atoms with Gasteiger partial charge in [-0.15, -0.1) is 0 Å². The molecular formula is C26H26. The van der Waals surface area contributed by atoms with E-state index in [1.54, 1.807) is 0 Å². The molecule has 0 radical (unpaired) electrons. The van der Waals surface area contributed by atoms with Crippen molar-refractivity contribution in [2.24, 2.45) is 0 Å². The van der Waals surface area contributed by atoms with Crippen LogP contribution in [0.4, 0.5) is 0 Å². The van der Waals surface area contributed by atoms with E-state index in [1.807, 2.05) is 0 Å². The van der Waals surface area contributed by atoms with Gasteiger partial charge in [-0.3, -0.25) is 0 Å². The van der Waals surface area contributed by atoms with Crippen molar-refractivity contribution in [1.82, 2.24) is 0 Å². The van der Waals surface area contributed by atoms with Crippen LogP contribution in [0.1, 0.15) is 38.2 Å². The number of aryl methyl sites for hydroxylation is 1. The molecule has 0 amide bonds. The predicted octanol–water partition coefficient (Wildman–Crippen LogP) is 7.78. The van der Waals surface area contributed by atoms with Crippen LogP contribution in [0, 0.1) is 0 Å². The summed E-state index contributed by atoms with van der Waals surface area (Å²) in [5.41, 5.74) is 4.05. The average Bonchev–Trinajstić information content (AvgIpc) is 2.70. The van der Waals surface area contributed by atoms with Gasteiger partial charge in [-0.25, -0.2) is 0 Å². The summed E-state index contributed by atoms with van der Waals surface area (Å²) in [7, 11) is 0. The van der Waals surface area contributed by atoms with Gasteiger partial charge in [0.2, 0.25) is 0 Å². The van der Waals surface area contributed by atoms with Crippen LogP contribution in [0.15, 0.2) is 78.9 Å². The number of unbranched alkanes of at least 4 members (excludes halogenated alkanes) is 3. The van der Waals surface area contributed by atoms with E-state index in [0.717, 1.165) is 0 Å². The van der Waals surface area contributed by atoms with E-state index >= 15 is 0 Å². The molecule has 0 aliphatic rings. The average molecular weight is 338 g/mol. The van der Waals surface area contributed by atoms with E-state index in [0.29, 0.717) is 0 Å². The maximum atomic E-state index is 2.38. The Morgan fingerprint density at radius 2 is 1.19 bits per heavy atom. The second-order valence-electron chi connectivity index (χ2n) is 7.27. The summed E-state index contributed by atoms with van der Waals surface area (Å²) in [6, 6.07) is 29.1. The van der Waals surface area contributed by atoms with Crippen molar-refractivity contribution in [2.45, 2.75) is 39.0 Å². The summed E-state index contributed by atoms with van der Waals surface area (Å²) < 4.78 is 0. The molecule has 0 nitrogen and oxygen atoms in total. The molecule has 130 valence electrons. The molecule has 0 saturated heterocycles. The third kappa shape index (κ3) is 3.65. The van der Waals surface area contributed by atoms with Gasteiger partial charge >= 0.3 is 0 Å². The largest absolute Gasteiger partial charge is 0.0654 e. The molecule has 0 unspecified atom stereocenters. The highest BCUT2D eigenvalue weighted by molar-refractivity contribution is 5.91. The summed E-state index contributed by atoms with van der Waals surface area (Å²) in [6.07, 6.45) is 6.47. The van der Waals surface area contributed by atoms with E-state index < -0.39 is 0 Å². The summed E-state index contributed by atoms with van der Waals surface area (Å²) in [6.45, 7) is 2.27. The fourth-order valence-corrected chi connectivity index (χ4v) is 3.76. The lowest BCUT2D eigenvalue weighted by Crippen LogP contribution is -1.87. The van der Waals surface area contributed by atoms with Crippen LogP contribution in [-0.4, -0.2) is 0 Å². The van der Waals surface area contributed by atoms with E-state index in [-0.39, 0.29) is 0 Å². The van der Waals surface area contributed by atoms with Crippen molar-refractivity contribution in [3.63, 3.8) is 0 Å². The Balaban J connectivity index is 1.64. The Morgan fingerprint density at radius 1 is 0.538 bits per heavy atom. The van der Waals surface area contributed by atoms with Gasteiger partial charge in [0.1, 0.15) is 0 Å². The van der Waals surface area contributed by atoms with Gasteiger partial charge in [0.25, 0.3) is 0 Å². The quantitative estimate of drug-likeness (QED) is 0.315. The Morgan fingerprint density at radius 3 is 1.96 bits per heavy atom. The number of fused-ring (bicyclic) bond motifs is 2. The molecule has 0 spiro atoms. The van der Waals surface area contributed by atoms with Crippen molar-refractivity contribution in [3.8, 4) is 11.1 Å². The monoisotopic (exact) mass is 338 g/mol. The molecule has 0 saturated carbocycles. The van der Waals surface area contributed by atoms with Gasteiger partial charge in [-0.1, -0.05) is 92.9 Å². The van der Waals surface area contributed by atoms with Gasteiger partial charge in [-0.2, -0.15) is 0 Å². The van der Waals surface area contributed by atoms with Gasteiger partial charge < -0.3 is 0 Å². The smallest absolute Gasteiger partial charge is 0.0175 e. The van der Waals surface area contributed by atoms with Crippen LogP contribution in [0.3, 0.4) is 0 Å². The Bertz CT molecular complexity index is 1030. The number of rotatable bonds is 6. The van der Waals surface area contributed by atoms with E-state index in [4.69, 9.17) is 0 Å². The molecule has 4 aromatic rings. The highest BCUT2D eigenvalue weighted by Crippen LogP contribution is 2.28. The lowest BCUT2D eigenvalue weighted by molar-refractivity contribution is 0.667. The molecule has 0 atom stereocenters. The number of hydrogen-bond donors (Lipinski definition) is 0. The third-order valence-corrected chi connectivity index (χ3v) is 5.31. The predicted molar refractivity (Wildman–Crippen MR) is 115 cm³/mol. The standard InChI is InChI=1S/C26H26/c1-2-3-4-5-8-20-11-12-22-14-16-25(19-26(22)17-20)24-15-13-21-9-6-7-10-23(21)18-24/h6-7,9-19H,2-5,8H2,1H3. The molecule has 0 fully saturated rings. The summed E-state index contributed by atoms with van der Waals surface area (Å²) >= 11 is 0. The molecule has 0 aliphatic heterocycles. The molecule has 26 heavy (non-hydrogen) atoms. The fraction of sp³-hybridized carbons (Fsp3) is 0.231. The maximum Gasteiger partial charge on any atom is -0.0175 e. The lowest BCUT2D eigenvalue weighted by Gasteiger charge is -2.08. The van der Waals surface area contributed by atoms with Gasteiger partial charge in [-0.05, 0) is 63.2 Å². The normalized spacial score (nSPS) is 11.3. The van der Waals surface area contributed by atoms with Crippen molar-refractivity contribution in [2.75, 3.05) is 0 Å². The van der Waals surface area contributed by atoms with E-state index in [1.165, 1.54) is 70.3 Å². The minimum Gasteiger partial charge on any atom is -0.0654 e.